The molecule has 106 valence electrons. The van der Waals surface area contributed by atoms with Crippen molar-refractivity contribution in [1.82, 2.24) is 0 Å². The Labute approximate surface area is 125 Å². The van der Waals surface area contributed by atoms with Gasteiger partial charge in [-0.3, -0.25) is 0 Å². The maximum Gasteiger partial charge on any atom is 0.120 e. The van der Waals surface area contributed by atoms with Crippen molar-refractivity contribution in [3.63, 3.8) is 0 Å². The third-order valence-electron chi connectivity index (χ3n) is 3.24. The summed E-state index contributed by atoms with van der Waals surface area (Å²) in [6, 6.07) is 16.0. The molecule has 2 aromatic carbocycles. The summed E-state index contributed by atoms with van der Waals surface area (Å²) >= 11 is 1.83. The molecule has 2 aromatic rings. The second-order valence-corrected chi connectivity index (χ2v) is 5.90. The summed E-state index contributed by atoms with van der Waals surface area (Å²) in [5, 5.41) is 13.6. The Balaban J connectivity index is 2.25. The lowest BCUT2D eigenvalue weighted by atomic mass is 10.0. The summed E-state index contributed by atoms with van der Waals surface area (Å²) in [7, 11) is 0. The molecule has 0 saturated carbocycles. The Bertz CT molecular complexity index is 556. The number of nitrogens with one attached hydrogen (secondary N) is 1. The highest BCUT2D eigenvalue weighted by Gasteiger charge is 2.14. The molecular formula is C17H21NOS. The Morgan fingerprint density at radius 1 is 1.05 bits per heavy atom. The molecule has 1 unspecified atom stereocenters. The van der Waals surface area contributed by atoms with Crippen molar-refractivity contribution >= 4 is 17.4 Å². The van der Waals surface area contributed by atoms with Gasteiger partial charge in [-0.2, -0.15) is 0 Å². The van der Waals surface area contributed by atoms with E-state index in [1.54, 1.807) is 6.07 Å². The van der Waals surface area contributed by atoms with E-state index in [1.165, 1.54) is 4.90 Å². The molecule has 2 rings (SSSR count). The minimum Gasteiger partial charge on any atom is -0.508 e. The van der Waals surface area contributed by atoms with Crippen molar-refractivity contribution in [3.05, 3.63) is 54.1 Å². The highest BCUT2D eigenvalue weighted by molar-refractivity contribution is 7.99. The zero-order chi connectivity index (χ0) is 14.4. The van der Waals surface area contributed by atoms with E-state index in [0.29, 0.717) is 5.75 Å². The first-order valence-corrected chi connectivity index (χ1v) is 8.01. The molecule has 0 heterocycles. The minimum absolute atomic E-state index is 0.120. The number of thioether (sulfide) groups is 1. The first-order chi connectivity index (χ1) is 9.76. The number of aromatic hydroxyl groups is 1. The van der Waals surface area contributed by atoms with Crippen LogP contribution >= 0.6 is 11.8 Å². The zero-order valence-electron chi connectivity index (χ0n) is 12.0. The van der Waals surface area contributed by atoms with Crippen LogP contribution in [0.25, 0.3) is 0 Å². The first-order valence-electron chi connectivity index (χ1n) is 7.02. The van der Waals surface area contributed by atoms with Gasteiger partial charge in [-0.25, -0.2) is 0 Å². The molecule has 0 fully saturated rings. The topological polar surface area (TPSA) is 32.3 Å². The van der Waals surface area contributed by atoms with Crippen LogP contribution in [-0.2, 0) is 0 Å². The highest BCUT2D eigenvalue weighted by Crippen LogP contribution is 2.33. The lowest BCUT2D eigenvalue weighted by molar-refractivity contribution is 0.462. The smallest absolute Gasteiger partial charge is 0.120 e. The number of rotatable bonds is 6. The van der Waals surface area contributed by atoms with E-state index in [-0.39, 0.29) is 6.04 Å². The fraction of sp³-hybridized carbons (Fsp3) is 0.294. The fourth-order valence-electron chi connectivity index (χ4n) is 2.24. The predicted octanol–water partition coefficient (Wildman–Crippen LogP) is 5.07. The molecule has 1 atom stereocenters. The third kappa shape index (κ3) is 3.48. The van der Waals surface area contributed by atoms with Crippen LogP contribution in [0.4, 0.5) is 5.69 Å². The van der Waals surface area contributed by atoms with Gasteiger partial charge in [0.1, 0.15) is 5.75 Å². The van der Waals surface area contributed by atoms with Crippen LogP contribution in [0.15, 0.2) is 53.4 Å². The van der Waals surface area contributed by atoms with Crippen molar-refractivity contribution in [3.8, 4) is 5.75 Å². The quantitative estimate of drug-likeness (QED) is 0.728. The second kappa shape index (κ2) is 7.25. The van der Waals surface area contributed by atoms with Crippen molar-refractivity contribution in [1.29, 1.82) is 0 Å². The SMILES string of the molecule is CCSc1ccccc1NC(CC)c1ccccc1O. The van der Waals surface area contributed by atoms with Gasteiger partial charge in [-0.05, 0) is 30.4 Å². The van der Waals surface area contributed by atoms with Gasteiger partial charge in [-0.1, -0.05) is 44.2 Å². The van der Waals surface area contributed by atoms with Crippen LogP contribution in [-0.4, -0.2) is 10.9 Å². The summed E-state index contributed by atoms with van der Waals surface area (Å²) in [6.07, 6.45) is 0.919. The van der Waals surface area contributed by atoms with Gasteiger partial charge in [-0.15, -0.1) is 11.8 Å². The van der Waals surface area contributed by atoms with Gasteiger partial charge in [0, 0.05) is 16.1 Å². The molecule has 0 saturated heterocycles. The molecule has 0 radical (unpaired) electrons. The molecule has 0 bridgehead atoms. The Kier molecular flexibility index (Phi) is 5.36. The highest BCUT2D eigenvalue weighted by atomic mass is 32.2. The standard InChI is InChI=1S/C17H21NOS/c1-3-14(13-9-5-7-11-16(13)19)18-15-10-6-8-12-17(15)20-4-2/h5-12,14,18-19H,3-4H2,1-2H3. The number of phenols is 1. The summed E-state index contributed by atoms with van der Waals surface area (Å²) < 4.78 is 0. The monoisotopic (exact) mass is 287 g/mol. The van der Waals surface area contributed by atoms with Crippen LogP contribution < -0.4 is 5.32 Å². The normalized spacial score (nSPS) is 12.1. The number of para-hydroxylation sites is 2. The Morgan fingerprint density at radius 2 is 1.75 bits per heavy atom. The van der Waals surface area contributed by atoms with Gasteiger partial charge in [0.15, 0.2) is 0 Å². The lowest BCUT2D eigenvalue weighted by Crippen LogP contribution is -2.10. The first kappa shape index (κ1) is 14.8. The summed E-state index contributed by atoms with van der Waals surface area (Å²) in [4.78, 5) is 1.25. The molecular weight excluding hydrogens is 266 g/mol. The van der Waals surface area contributed by atoms with Crippen molar-refractivity contribution in [2.24, 2.45) is 0 Å². The van der Waals surface area contributed by atoms with E-state index >= 15 is 0 Å². The molecule has 3 heteroatoms. The molecule has 0 aromatic heterocycles. The molecule has 0 aliphatic carbocycles. The number of hydrogen-bond donors (Lipinski definition) is 2. The summed E-state index contributed by atoms with van der Waals surface area (Å²) in [5.41, 5.74) is 2.08. The Morgan fingerprint density at radius 3 is 2.45 bits per heavy atom. The molecule has 0 spiro atoms. The van der Waals surface area contributed by atoms with Crippen LogP contribution in [0.3, 0.4) is 0 Å². The van der Waals surface area contributed by atoms with Crippen LogP contribution in [0, 0.1) is 0 Å². The molecule has 2 nitrogen and oxygen atoms in total. The van der Waals surface area contributed by atoms with E-state index in [9.17, 15) is 5.11 Å². The van der Waals surface area contributed by atoms with Crippen molar-refractivity contribution in [2.45, 2.75) is 31.2 Å². The van der Waals surface area contributed by atoms with E-state index in [4.69, 9.17) is 0 Å². The van der Waals surface area contributed by atoms with Crippen LogP contribution in [0.1, 0.15) is 31.9 Å². The fourth-order valence-corrected chi connectivity index (χ4v) is 3.01. The maximum absolute atomic E-state index is 10.0. The van der Waals surface area contributed by atoms with Crippen molar-refractivity contribution < 1.29 is 5.11 Å². The molecule has 2 N–H and O–H groups in total. The predicted molar refractivity (Wildman–Crippen MR) is 87.6 cm³/mol. The minimum atomic E-state index is 0.120. The lowest BCUT2D eigenvalue weighted by Gasteiger charge is -2.21. The molecule has 0 amide bonds. The third-order valence-corrected chi connectivity index (χ3v) is 4.19. The van der Waals surface area contributed by atoms with Gasteiger partial charge in [0.2, 0.25) is 0 Å². The van der Waals surface area contributed by atoms with Crippen LogP contribution in [0.2, 0.25) is 0 Å². The van der Waals surface area contributed by atoms with Crippen LogP contribution in [0.5, 0.6) is 5.75 Å². The maximum atomic E-state index is 10.0. The average Bonchev–Trinajstić information content (AvgIpc) is 2.47. The van der Waals surface area contributed by atoms with Gasteiger partial charge < -0.3 is 10.4 Å². The molecule has 20 heavy (non-hydrogen) atoms. The second-order valence-electron chi connectivity index (χ2n) is 4.59. The number of hydrogen-bond acceptors (Lipinski definition) is 3. The number of phenolic OH excluding ortho intramolecular Hbond substituents is 1. The Hall–Kier alpha value is -1.61. The van der Waals surface area contributed by atoms with E-state index in [2.05, 4.69) is 37.4 Å². The number of benzene rings is 2. The summed E-state index contributed by atoms with van der Waals surface area (Å²) in [5.74, 6) is 1.40. The largest absolute Gasteiger partial charge is 0.508 e. The van der Waals surface area contributed by atoms with Gasteiger partial charge in [0.25, 0.3) is 0 Å². The van der Waals surface area contributed by atoms with E-state index < -0.39 is 0 Å². The zero-order valence-corrected chi connectivity index (χ0v) is 12.8. The van der Waals surface area contributed by atoms with Gasteiger partial charge >= 0.3 is 0 Å². The summed E-state index contributed by atoms with van der Waals surface area (Å²) in [6.45, 7) is 4.28. The van der Waals surface area contributed by atoms with E-state index in [1.807, 2.05) is 36.0 Å². The average molecular weight is 287 g/mol. The number of anilines is 1. The van der Waals surface area contributed by atoms with E-state index in [0.717, 1.165) is 23.4 Å². The molecule has 0 aliphatic heterocycles. The molecule has 0 aliphatic rings. The van der Waals surface area contributed by atoms with Crippen molar-refractivity contribution in [2.75, 3.05) is 11.1 Å². The van der Waals surface area contributed by atoms with Gasteiger partial charge in [0.05, 0.1) is 6.04 Å².